The van der Waals surface area contributed by atoms with Gasteiger partial charge in [0, 0.05) is 5.39 Å². The van der Waals surface area contributed by atoms with E-state index in [4.69, 9.17) is 9.47 Å². The second-order valence-electron chi connectivity index (χ2n) is 7.74. The predicted molar refractivity (Wildman–Crippen MR) is 121 cm³/mol. The van der Waals surface area contributed by atoms with Gasteiger partial charge in [-0.3, -0.25) is 0 Å². The number of halogens is 1. The molecule has 3 rings (SSSR count). The molecule has 2 nitrogen and oxygen atoms in total. The van der Waals surface area contributed by atoms with Crippen LogP contribution in [0.3, 0.4) is 0 Å². The number of rotatable bonds is 12. The molecule has 0 fully saturated rings. The van der Waals surface area contributed by atoms with Crippen LogP contribution >= 0.6 is 0 Å². The van der Waals surface area contributed by atoms with E-state index in [9.17, 15) is 0 Å². The fourth-order valence-corrected chi connectivity index (χ4v) is 3.67. The fourth-order valence-electron chi connectivity index (χ4n) is 3.67. The predicted octanol–water partition coefficient (Wildman–Crippen LogP) is 8.05. The van der Waals surface area contributed by atoms with Gasteiger partial charge in [0.15, 0.2) is 11.6 Å². The largest absolute Gasteiger partial charge is 0.494 e. The van der Waals surface area contributed by atoms with Crippen LogP contribution in [-0.4, -0.2) is 13.2 Å². The van der Waals surface area contributed by atoms with Crippen LogP contribution in [0.4, 0.5) is 4.39 Å². The minimum absolute atomic E-state index is 0.265. The highest BCUT2D eigenvalue weighted by atomic mass is 19.1. The molecule has 0 bridgehead atoms. The summed E-state index contributed by atoms with van der Waals surface area (Å²) in [6.45, 7) is 5.66. The number of hydrogen-bond donors (Lipinski definition) is 0. The summed E-state index contributed by atoms with van der Waals surface area (Å²) in [6.07, 6.45) is 9.32. The second kappa shape index (κ2) is 11.0. The molecule has 0 N–H and O–H groups in total. The molecule has 0 atom stereocenters. The van der Waals surface area contributed by atoms with Crippen molar-refractivity contribution in [3.05, 3.63) is 48.3 Å². The second-order valence-corrected chi connectivity index (χ2v) is 7.74. The SMILES string of the molecule is CCCCCCCCOc1ccc2c(ccc3cc(OCCCC)ccc32)c1F. The molecule has 0 amide bonds. The van der Waals surface area contributed by atoms with Crippen LogP contribution in [0.15, 0.2) is 42.5 Å². The van der Waals surface area contributed by atoms with E-state index in [1.165, 1.54) is 25.7 Å². The first-order valence-electron chi connectivity index (χ1n) is 11.1. The van der Waals surface area contributed by atoms with Gasteiger partial charge in [0.25, 0.3) is 0 Å². The van der Waals surface area contributed by atoms with Crippen LogP contribution in [0.5, 0.6) is 11.5 Å². The highest BCUT2D eigenvalue weighted by Gasteiger charge is 2.11. The average Bonchev–Trinajstić information content (AvgIpc) is 2.74. The standard InChI is InChI=1S/C26H33FO2/c1-3-5-7-8-9-10-18-29-25-16-15-23-22-14-12-21(28-17-6-4-2)19-20(22)11-13-24(23)26(25)27/h11-16,19H,3-10,17-18H2,1-2H3. The average molecular weight is 397 g/mol. The van der Waals surface area contributed by atoms with Gasteiger partial charge in [0.1, 0.15) is 5.75 Å². The van der Waals surface area contributed by atoms with E-state index in [0.29, 0.717) is 17.7 Å². The van der Waals surface area contributed by atoms with Crippen LogP contribution in [-0.2, 0) is 0 Å². The van der Waals surface area contributed by atoms with Crippen molar-refractivity contribution in [1.82, 2.24) is 0 Å². The van der Waals surface area contributed by atoms with E-state index in [-0.39, 0.29) is 5.82 Å². The third kappa shape index (κ3) is 5.62. The number of ether oxygens (including phenoxy) is 2. The Bertz CT molecular complexity index is 919. The Balaban J connectivity index is 1.69. The highest BCUT2D eigenvalue weighted by molar-refractivity contribution is 6.08. The van der Waals surface area contributed by atoms with E-state index in [1.54, 1.807) is 6.07 Å². The van der Waals surface area contributed by atoms with Gasteiger partial charge in [0.05, 0.1) is 13.2 Å². The van der Waals surface area contributed by atoms with Crippen LogP contribution in [0.1, 0.15) is 65.2 Å². The molecule has 0 unspecified atom stereocenters. The lowest BCUT2D eigenvalue weighted by molar-refractivity contribution is 0.291. The first-order chi connectivity index (χ1) is 14.2. The Morgan fingerprint density at radius 2 is 1.34 bits per heavy atom. The van der Waals surface area contributed by atoms with E-state index >= 15 is 4.39 Å². The van der Waals surface area contributed by atoms with Gasteiger partial charge in [-0.05, 0) is 53.3 Å². The van der Waals surface area contributed by atoms with E-state index in [1.807, 2.05) is 36.4 Å². The van der Waals surface area contributed by atoms with Crippen molar-refractivity contribution in [2.75, 3.05) is 13.2 Å². The minimum Gasteiger partial charge on any atom is -0.494 e. The third-order valence-corrected chi connectivity index (χ3v) is 5.41. The highest BCUT2D eigenvalue weighted by Crippen LogP contribution is 2.33. The van der Waals surface area contributed by atoms with Crippen molar-refractivity contribution in [2.45, 2.75) is 65.2 Å². The maximum atomic E-state index is 15.0. The molecule has 0 heterocycles. The molecule has 0 saturated heterocycles. The summed E-state index contributed by atoms with van der Waals surface area (Å²) >= 11 is 0. The summed E-state index contributed by atoms with van der Waals surface area (Å²) in [4.78, 5) is 0. The summed E-state index contributed by atoms with van der Waals surface area (Å²) < 4.78 is 26.6. The smallest absolute Gasteiger partial charge is 0.172 e. The Labute approximate surface area is 174 Å². The van der Waals surface area contributed by atoms with Crippen molar-refractivity contribution in [3.63, 3.8) is 0 Å². The molecule has 29 heavy (non-hydrogen) atoms. The van der Waals surface area contributed by atoms with Crippen molar-refractivity contribution in [3.8, 4) is 11.5 Å². The summed E-state index contributed by atoms with van der Waals surface area (Å²) in [6, 6.07) is 13.6. The quantitative estimate of drug-likeness (QED) is 0.228. The van der Waals surface area contributed by atoms with Gasteiger partial charge in [-0.15, -0.1) is 0 Å². The molecule has 3 aromatic rings. The zero-order valence-corrected chi connectivity index (χ0v) is 17.8. The normalized spacial score (nSPS) is 11.3. The fraction of sp³-hybridized carbons (Fsp3) is 0.462. The van der Waals surface area contributed by atoms with Crippen LogP contribution in [0.2, 0.25) is 0 Å². The van der Waals surface area contributed by atoms with E-state index < -0.39 is 0 Å². The van der Waals surface area contributed by atoms with Gasteiger partial charge in [-0.1, -0.05) is 70.6 Å². The van der Waals surface area contributed by atoms with Gasteiger partial charge in [0.2, 0.25) is 0 Å². The molecule has 0 aliphatic heterocycles. The van der Waals surface area contributed by atoms with Gasteiger partial charge < -0.3 is 9.47 Å². The Hall–Kier alpha value is -2.29. The van der Waals surface area contributed by atoms with E-state index in [0.717, 1.165) is 54.2 Å². The van der Waals surface area contributed by atoms with Gasteiger partial charge in [-0.2, -0.15) is 0 Å². The Kier molecular flexibility index (Phi) is 8.15. The molecule has 0 saturated carbocycles. The number of hydrogen-bond acceptors (Lipinski definition) is 2. The first-order valence-corrected chi connectivity index (χ1v) is 11.1. The van der Waals surface area contributed by atoms with Gasteiger partial charge in [-0.25, -0.2) is 4.39 Å². The Morgan fingerprint density at radius 1 is 0.655 bits per heavy atom. The van der Waals surface area contributed by atoms with Crippen LogP contribution in [0.25, 0.3) is 21.5 Å². The van der Waals surface area contributed by atoms with Crippen molar-refractivity contribution in [1.29, 1.82) is 0 Å². The van der Waals surface area contributed by atoms with E-state index in [2.05, 4.69) is 13.8 Å². The zero-order chi connectivity index (χ0) is 20.5. The summed E-state index contributed by atoms with van der Waals surface area (Å²) in [5.41, 5.74) is 0. The molecule has 3 heteroatoms. The summed E-state index contributed by atoms with van der Waals surface area (Å²) in [5.74, 6) is 0.952. The minimum atomic E-state index is -0.265. The Morgan fingerprint density at radius 3 is 2.17 bits per heavy atom. The number of fused-ring (bicyclic) bond motifs is 3. The lowest BCUT2D eigenvalue weighted by Gasteiger charge is -2.12. The maximum Gasteiger partial charge on any atom is 0.172 e. The number of benzene rings is 3. The maximum absolute atomic E-state index is 15.0. The lowest BCUT2D eigenvalue weighted by atomic mass is 10.0. The molecule has 156 valence electrons. The molecule has 0 aliphatic carbocycles. The van der Waals surface area contributed by atoms with Crippen molar-refractivity contribution < 1.29 is 13.9 Å². The molecular weight excluding hydrogens is 363 g/mol. The zero-order valence-electron chi connectivity index (χ0n) is 17.8. The molecular formula is C26H33FO2. The topological polar surface area (TPSA) is 18.5 Å². The van der Waals surface area contributed by atoms with Crippen LogP contribution in [0, 0.1) is 5.82 Å². The van der Waals surface area contributed by atoms with Crippen LogP contribution < -0.4 is 9.47 Å². The van der Waals surface area contributed by atoms with Gasteiger partial charge >= 0.3 is 0 Å². The molecule has 0 aliphatic rings. The monoisotopic (exact) mass is 396 g/mol. The summed E-state index contributed by atoms with van der Waals surface area (Å²) in [5, 5.41) is 3.61. The van der Waals surface area contributed by atoms with Crippen molar-refractivity contribution in [2.24, 2.45) is 0 Å². The molecule has 0 aromatic heterocycles. The molecule has 0 spiro atoms. The molecule has 3 aromatic carbocycles. The first kappa shape index (κ1) is 21.4. The summed E-state index contributed by atoms with van der Waals surface area (Å²) in [7, 11) is 0. The van der Waals surface area contributed by atoms with Crippen molar-refractivity contribution >= 4 is 21.5 Å². The number of unbranched alkanes of at least 4 members (excludes halogenated alkanes) is 6. The lowest BCUT2D eigenvalue weighted by Crippen LogP contribution is -2.00. The molecule has 0 radical (unpaired) electrons. The third-order valence-electron chi connectivity index (χ3n) is 5.41.